The molecule has 0 atom stereocenters. The molecular weight excluding hydrogens is 458 g/mol. The molecule has 1 fully saturated rings. The molecule has 0 radical (unpaired) electrons. The number of hydrogen-bond donors (Lipinski definition) is 1. The van der Waals surface area contributed by atoms with Gasteiger partial charge in [-0.15, -0.1) is 11.3 Å². The number of anilines is 2. The first-order valence-corrected chi connectivity index (χ1v) is 12.5. The number of aromatic nitrogens is 2. The Labute approximate surface area is 208 Å². The summed E-state index contributed by atoms with van der Waals surface area (Å²) in [7, 11) is 0. The highest BCUT2D eigenvalue weighted by Crippen LogP contribution is 2.24. The topological polar surface area (TPSA) is 70.5 Å². The Balaban J connectivity index is 1.39. The van der Waals surface area contributed by atoms with Gasteiger partial charge in [-0.25, -0.2) is 4.98 Å². The molecule has 3 aromatic heterocycles. The minimum atomic E-state index is -0.206. The van der Waals surface area contributed by atoms with Gasteiger partial charge in [0.25, 0.3) is 11.8 Å². The predicted octanol–water partition coefficient (Wildman–Crippen LogP) is 4.52. The van der Waals surface area contributed by atoms with E-state index in [0.29, 0.717) is 49.0 Å². The summed E-state index contributed by atoms with van der Waals surface area (Å²) in [4.78, 5) is 35.7. The van der Waals surface area contributed by atoms with Gasteiger partial charge in [-0.1, -0.05) is 42.0 Å². The molecule has 1 aliphatic heterocycles. The van der Waals surface area contributed by atoms with Crippen molar-refractivity contribution in [1.29, 1.82) is 0 Å². The van der Waals surface area contributed by atoms with Crippen molar-refractivity contribution < 1.29 is 9.59 Å². The molecule has 0 aliphatic carbocycles. The Morgan fingerprint density at radius 1 is 1.00 bits per heavy atom. The quantitative estimate of drug-likeness (QED) is 0.436. The second-order valence-electron chi connectivity index (χ2n) is 8.59. The summed E-state index contributed by atoms with van der Waals surface area (Å²) >= 11 is 1.38. The first kappa shape index (κ1) is 22.9. The molecule has 4 heterocycles. The van der Waals surface area contributed by atoms with Crippen LogP contribution in [-0.2, 0) is 6.54 Å². The highest BCUT2D eigenvalue weighted by Gasteiger charge is 2.28. The number of carbonyl (C=O) groups is 2. The van der Waals surface area contributed by atoms with E-state index in [2.05, 4.69) is 40.3 Å². The number of amides is 2. The summed E-state index contributed by atoms with van der Waals surface area (Å²) in [6, 6.07) is 19.5. The maximum atomic E-state index is 13.8. The minimum Gasteiger partial charge on any atom is -0.353 e. The number of thiophene rings is 1. The van der Waals surface area contributed by atoms with Gasteiger partial charge < -0.3 is 19.7 Å². The second kappa shape index (κ2) is 10.1. The first-order chi connectivity index (χ1) is 17.1. The number of nitrogens with zero attached hydrogens (tertiary/aromatic N) is 4. The van der Waals surface area contributed by atoms with Gasteiger partial charge in [0.05, 0.1) is 10.6 Å². The standard InChI is InChI=1S/C27H27N5O2S/c1-20-6-4-7-21(18-20)19-32-12-10-22(29-26(33)23-8-5-17-35-23)25(32)27(34)31-15-13-30(14-16-31)24-9-2-3-11-28-24/h2-12,17-18H,13-16,19H2,1H3,(H,29,33). The predicted molar refractivity (Wildman–Crippen MR) is 139 cm³/mol. The SMILES string of the molecule is Cc1cccc(Cn2ccc(NC(=O)c3cccs3)c2C(=O)N2CCN(c3ccccn3)CC2)c1. The normalized spacial score (nSPS) is 13.6. The lowest BCUT2D eigenvalue weighted by molar-refractivity contribution is 0.0737. The fourth-order valence-electron chi connectivity index (χ4n) is 4.37. The maximum Gasteiger partial charge on any atom is 0.272 e. The Morgan fingerprint density at radius 2 is 1.86 bits per heavy atom. The molecule has 0 spiro atoms. The summed E-state index contributed by atoms with van der Waals surface area (Å²) < 4.78 is 1.94. The highest BCUT2D eigenvalue weighted by atomic mass is 32.1. The van der Waals surface area contributed by atoms with Crippen LogP contribution < -0.4 is 10.2 Å². The number of nitrogens with one attached hydrogen (secondary N) is 1. The number of aryl methyl sites for hydroxylation is 1. The van der Waals surface area contributed by atoms with Crippen molar-refractivity contribution in [2.75, 3.05) is 36.4 Å². The fourth-order valence-corrected chi connectivity index (χ4v) is 4.99. The van der Waals surface area contributed by atoms with Gasteiger partial charge in [-0.3, -0.25) is 9.59 Å². The van der Waals surface area contributed by atoms with Crippen LogP contribution in [0.1, 0.15) is 31.3 Å². The summed E-state index contributed by atoms with van der Waals surface area (Å²) in [6.45, 7) is 5.19. The zero-order valence-corrected chi connectivity index (χ0v) is 20.4. The molecule has 8 heteroatoms. The molecule has 178 valence electrons. The highest BCUT2D eigenvalue weighted by molar-refractivity contribution is 7.12. The molecule has 35 heavy (non-hydrogen) atoms. The number of piperazine rings is 1. The largest absolute Gasteiger partial charge is 0.353 e. The second-order valence-corrected chi connectivity index (χ2v) is 9.54. The van der Waals surface area contributed by atoms with E-state index in [1.807, 2.05) is 57.4 Å². The molecule has 1 aliphatic rings. The zero-order chi connectivity index (χ0) is 24.2. The van der Waals surface area contributed by atoms with Crippen LogP contribution in [0.25, 0.3) is 0 Å². The van der Waals surface area contributed by atoms with Crippen LogP contribution in [0, 0.1) is 6.92 Å². The van der Waals surface area contributed by atoms with E-state index in [1.165, 1.54) is 16.9 Å². The molecule has 0 saturated carbocycles. The van der Waals surface area contributed by atoms with Gasteiger partial charge in [-0.05, 0) is 42.1 Å². The Morgan fingerprint density at radius 3 is 2.57 bits per heavy atom. The summed E-state index contributed by atoms with van der Waals surface area (Å²) in [6.07, 6.45) is 3.66. The molecule has 4 aromatic rings. The monoisotopic (exact) mass is 485 g/mol. The van der Waals surface area contributed by atoms with Gasteiger partial charge in [0.1, 0.15) is 11.5 Å². The number of hydrogen-bond acceptors (Lipinski definition) is 5. The molecule has 1 aromatic carbocycles. The minimum absolute atomic E-state index is 0.0789. The lowest BCUT2D eigenvalue weighted by Gasteiger charge is -2.35. The smallest absolute Gasteiger partial charge is 0.272 e. The van der Waals surface area contributed by atoms with E-state index in [9.17, 15) is 9.59 Å². The van der Waals surface area contributed by atoms with Crippen LogP contribution in [0.2, 0.25) is 0 Å². The Bertz CT molecular complexity index is 1310. The molecule has 5 rings (SSSR count). The Hall–Kier alpha value is -3.91. The van der Waals surface area contributed by atoms with Crippen molar-refractivity contribution in [3.8, 4) is 0 Å². The van der Waals surface area contributed by atoms with Crippen molar-refractivity contribution in [2.24, 2.45) is 0 Å². The van der Waals surface area contributed by atoms with Crippen LogP contribution in [-0.4, -0.2) is 52.4 Å². The first-order valence-electron chi connectivity index (χ1n) is 11.6. The molecule has 2 amide bonds. The van der Waals surface area contributed by atoms with Crippen molar-refractivity contribution in [3.05, 3.63) is 100 Å². The van der Waals surface area contributed by atoms with E-state index in [4.69, 9.17) is 0 Å². The number of benzene rings is 1. The van der Waals surface area contributed by atoms with Gasteiger partial charge in [0.2, 0.25) is 0 Å². The summed E-state index contributed by atoms with van der Waals surface area (Å²) in [5.74, 6) is 0.637. The van der Waals surface area contributed by atoms with Crippen LogP contribution in [0.5, 0.6) is 0 Å². The van der Waals surface area contributed by atoms with E-state index < -0.39 is 0 Å². The third-order valence-corrected chi connectivity index (χ3v) is 7.00. The van der Waals surface area contributed by atoms with Gasteiger partial charge in [-0.2, -0.15) is 0 Å². The van der Waals surface area contributed by atoms with Crippen LogP contribution in [0.3, 0.4) is 0 Å². The molecule has 7 nitrogen and oxygen atoms in total. The van der Waals surface area contributed by atoms with E-state index in [-0.39, 0.29) is 11.8 Å². The summed E-state index contributed by atoms with van der Waals surface area (Å²) in [5.41, 5.74) is 3.31. The lowest BCUT2D eigenvalue weighted by Crippen LogP contribution is -2.49. The lowest BCUT2D eigenvalue weighted by atomic mass is 10.1. The van der Waals surface area contributed by atoms with E-state index in [1.54, 1.807) is 12.3 Å². The number of carbonyl (C=O) groups excluding carboxylic acids is 2. The van der Waals surface area contributed by atoms with Crippen molar-refractivity contribution >= 4 is 34.7 Å². The van der Waals surface area contributed by atoms with Crippen molar-refractivity contribution in [1.82, 2.24) is 14.5 Å². The van der Waals surface area contributed by atoms with Crippen LogP contribution in [0.4, 0.5) is 11.5 Å². The third-order valence-electron chi connectivity index (χ3n) is 6.13. The molecule has 1 N–H and O–H groups in total. The summed E-state index contributed by atoms with van der Waals surface area (Å²) in [5, 5.41) is 4.83. The zero-order valence-electron chi connectivity index (χ0n) is 19.6. The number of rotatable bonds is 6. The average Bonchev–Trinajstić information content (AvgIpc) is 3.55. The van der Waals surface area contributed by atoms with E-state index in [0.717, 1.165) is 11.4 Å². The van der Waals surface area contributed by atoms with Crippen LogP contribution in [0.15, 0.2) is 78.4 Å². The van der Waals surface area contributed by atoms with Crippen LogP contribution >= 0.6 is 11.3 Å². The van der Waals surface area contributed by atoms with Gasteiger partial charge in [0.15, 0.2) is 0 Å². The fraction of sp³-hybridized carbons (Fsp3) is 0.222. The molecule has 0 bridgehead atoms. The van der Waals surface area contributed by atoms with Crippen molar-refractivity contribution in [3.63, 3.8) is 0 Å². The van der Waals surface area contributed by atoms with Crippen molar-refractivity contribution in [2.45, 2.75) is 13.5 Å². The molecule has 0 unspecified atom stereocenters. The molecular formula is C27H27N5O2S. The number of pyridine rings is 1. The molecule has 1 saturated heterocycles. The van der Waals surface area contributed by atoms with E-state index >= 15 is 0 Å². The average molecular weight is 486 g/mol. The van der Waals surface area contributed by atoms with Gasteiger partial charge >= 0.3 is 0 Å². The Kier molecular flexibility index (Phi) is 6.63. The third kappa shape index (κ3) is 5.12. The van der Waals surface area contributed by atoms with Gasteiger partial charge in [0, 0.05) is 45.1 Å². The maximum absolute atomic E-state index is 13.8.